The number of aliphatic hydroxyl groups is 1. The molecule has 0 aliphatic heterocycles. The Bertz CT molecular complexity index is 461. The van der Waals surface area contributed by atoms with Crippen LogP contribution in [-0.2, 0) is 12.0 Å². The van der Waals surface area contributed by atoms with Crippen molar-refractivity contribution in [2.75, 3.05) is 0 Å². The number of phenols is 1. The van der Waals surface area contributed by atoms with E-state index < -0.39 is 5.60 Å². The Kier molecular flexibility index (Phi) is 2.99. The van der Waals surface area contributed by atoms with Crippen molar-refractivity contribution in [3.63, 3.8) is 0 Å². The van der Waals surface area contributed by atoms with Gasteiger partial charge in [0, 0.05) is 11.3 Å². The molecule has 2 aromatic rings. The Morgan fingerprint density at radius 2 is 2.06 bits per heavy atom. The largest absolute Gasteiger partial charge is 0.508 e. The third-order valence-electron chi connectivity index (χ3n) is 2.51. The van der Waals surface area contributed by atoms with E-state index in [1.807, 2.05) is 23.6 Å². The van der Waals surface area contributed by atoms with E-state index in [0.717, 1.165) is 10.4 Å². The van der Waals surface area contributed by atoms with Gasteiger partial charge in [0.1, 0.15) is 5.75 Å². The maximum atomic E-state index is 10.3. The zero-order valence-corrected chi connectivity index (χ0v) is 9.87. The molecule has 0 saturated heterocycles. The number of hydrogen-bond donors (Lipinski definition) is 2. The van der Waals surface area contributed by atoms with E-state index in [1.165, 1.54) is 0 Å². The van der Waals surface area contributed by atoms with Crippen LogP contribution in [0.25, 0.3) is 0 Å². The number of thiophene rings is 1. The number of rotatable bonds is 3. The van der Waals surface area contributed by atoms with Gasteiger partial charge in [-0.05, 0) is 36.1 Å². The highest BCUT2D eigenvalue weighted by atomic mass is 32.1. The van der Waals surface area contributed by atoms with E-state index in [9.17, 15) is 10.2 Å². The summed E-state index contributed by atoms with van der Waals surface area (Å²) in [6, 6.07) is 10.9. The molecule has 2 nitrogen and oxygen atoms in total. The molecule has 0 aliphatic carbocycles. The maximum absolute atomic E-state index is 10.3. The van der Waals surface area contributed by atoms with Crippen LogP contribution in [0.15, 0.2) is 41.8 Å². The highest BCUT2D eigenvalue weighted by Gasteiger charge is 2.24. The molecule has 16 heavy (non-hydrogen) atoms. The Morgan fingerprint density at radius 1 is 1.25 bits per heavy atom. The van der Waals surface area contributed by atoms with Crippen LogP contribution >= 0.6 is 11.3 Å². The second-order valence-electron chi connectivity index (χ2n) is 4.10. The van der Waals surface area contributed by atoms with Gasteiger partial charge >= 0.3 is 0 Å². The minimum Gasteiger partial charge on any atom is -0.508 e. The predicted octanol–water partition coefficient (Wildman–Crippen LogP) is 2.90. The van der Waals surface area contributed by atoms with Gasteiger partial charge < -0.3 is 10.2 Å². The van der Waals surface area contributed by atoms with E-state index in [1.54, 1.807) is 36.5 Å². The molecule has 0 saturated carbocycles. The summed E-state index contributed by atoms with van der Waals surface area (Å²) in [5, 5.41) is 21.7. The van der Waals surface area contributed by atoms with Gasteiger partial charge in [-0.2, -0.15) is 0 Å². The van der Waals surface area contributed by atoms with Gasteiger partial charge in [0.15, 0.2) is 0 Å². The number of benzene rings is 1. The molecule has 1 unspecified atom stereocenters. The van der Waals surface area contributed by atoms with Crippen LogP contribution in [0.5, 0.6) is 5.75 Å². The SMILES string of the molecule is CC(O)(Cc1cccc(O)c1)c1cccs1. The van der Waals surface area contributed by atoms with E-state index >= 15 is 0 Å². The topological polar surface area (TPSA) is 40.5 Å². The van der Waals surface area contributed by atoms with Crippen molar-refractivity contribution < 1.29 is 10.2 Å². The predicted molar refractivity (Wildman–Crippen MR) is 65.7 cm³/mol. The van der Waals surface area contributed by atoms with Crippen molar-refractivity contribution in [3.05, 3.63) is 52.2 Å². The van der Waals surface area contributed by atoms with E-state index in [-0.39, 0.29) is 5.75 Å². The van der Waals surface area contributed by atoms with Crippen molar-refractivity contribution in [1.29, 1.82) is 0 Å². The summed E-state index contributed by atoms with van der Waals surface area (Å²) in [6.45, 7) is 1.79. The summed E-state index contributed by atoms with van der Waals surface area (Å²) in [5.74, 6) is 0.236. The number of aromatic hydroxyl groups is 1. The van der Waals surface area contributed by atoms with Gasteiger partial charge in [-0.15, -0.1) is 11.3 Å². The molecule has 1 aromatic heterocycles. The fourth-order valence-corrected chi connectivity index (χ4v) is 2.52. The Hall–Kier alpha value is -1.32. The average Bonchev–Trinajstić information content (AvgIpc) is 2.69. The molecule has 2 rings (SSSR count). The molecule has 1 aromatic carbocycles. The first-order chi connectivity index (χ1) is 7.58. The lowest BCUT2D eigenvalue weighted by Gasteiger charge is -2.21. The molecule has 0 spiro atoms. The van der Waals surface area contributed by atoms with Gasteiger partial charge in [-0.3, -0.25) is 0 Å². The first-order valence-electron chi connectivity index (χ1n) is 5.12. The summed E-state index contributed by atoms with van der Waals surface area (Å²) >= 11 is 1.54. The van der Waals surface area contributed by atoms with Crippen LogP contribution < -0.4 is 0 Å². The Morgan fingerprint density at radius 3 is 2.69 bits per heavy atom. The van der Waals surface area contributed by atoms with E-state index in [4.69, 9.17) is 0 Å². The Labute approximate surface area is 98.8 Å². The molecule has 1 heterocycles. The average molecular weight is 234 g/mol. The minimum absolute atomic E-state index is 0.236. The molecule has 0 amide bonds. The van der Waals surface area contributed by atoms with E-state index in [0.29, 0.717) is 6.42 Å². The molecular weight excluding hydrogens is 220 g/mol. The highest BCUT2D eigenvalue weighted by Crippen LogP contribution is 2.29. The van der Waals surface area contributed by atoms with Gasteiger partial charge in [0.2, 0.25) is 0 Å². The molecule has 0 bridgehead atoms. The smallest absolute Gasteiger partial charge is 0.115 e. The zero-order valence-electron chi connectivity index (χ0n) is 9.05. The number of phenolic OH excluding ortho intramolecular Hbond substituents is 1. The minimum atomic E-state index is -0.873. The molecule has 1 atom stereocenters. The molecule has 2 N–H and O–H groups in total. The van der Waals surface area contributed by atoms with Crippen LogP contribution in [0, 0.1) is 0 Å². The summed E-state index contributed by atoms with van der Waals surface area (Å²) < 4.78 is 0. The van der Waals surface area contributed by atoms with Crippen LogP contribution in [0.2, 0.25) is 0 Å². The number of hydrogen-bond acceptors (Lipinski definition) is 3. The second kappa shape index (κ2) is 4.28. The standard InChI is InChI=1S/C13H14O2S/c1-13(15,12-6-3-7-16-12)9-10-4-2-5-11(14)8-10/h2-8,14-15H,9H2,1H3. The van der Waals surface area contributed by atoms with Crippen molar-refractivity contribution in [2.24, 2.45) is 0 Å². The van der Waals surface area contributed by atoms with Gasteiger partial charge in [-0.1, -0.05) is 18.2 Å². The highest BCUT2D eigenvalue weighted by molar-refractivity contribution is 7.10. The molecule has 84 valence electrons. The quantitative estimate of drug-likeness (QED) is 0.857. The maximum Gasteiger partial charge on any atom is 0.115 e. The first-order valence-corrected chi connectivity index (χ1v) is 6.00. The summed E-state index contributed by atoms with van der Waals surface area (Å²) in [6.07, 6.45) is 0.502. The molecule has 0 radical (unpaired) electrons. The van der Waals surface area contributed by atoms with Crippen molar-refractivity contribution in [2.45, 2.75) is 18.9 Å². The Balaban J connectivity index is 2.21. The van der Waals surface area contributed by atoms with Crippen molar-refractivity contribution in [3.8, 4) is 5.75 Å². The zero-order chi connectivity index (χ0) is 11.6. The van der Waals surface area contributed by atoms with Gasteiger partial charge in [0.25, 0.3) is 0 Å². The lowest BCUT2D eigenvalue weighted by Crippen LogP contribution is -2.22. The van der Waals surface area contributed by atoms with Crippen molar-refractivity contribution in [1.82, 2.24) is 0 Å². The third-order valence-corrected chi connectivity index (χ3v) is 3.63. The van der Waals surface area contributed by atoms with Crippen LogP contribution in [0.3, 0.4) is 0 Å². The molecule has 3 heteroatoms. The van der Waals surface area contributed by atoms with Crippen LogP contribution in [0.1, 0.15) is 17.4 Å². The van der Waals surface area contributed by atoms with Crippen LogP contribution in [0.4, 0.5) is 0 Å². The summed E-state index contributed by atoms with van der Waals surface area (Å²) in [4.78, 5) is 0.941. The first kappa shape index (κ1) is 11.2. The normalized spacial score (nSPS) is 14.6. The fourth-order valence-electron chi connectivity index (χ4n) is 1.74. The molecular formula is C13H14O2S. The van der Waals surface area contributed by atoms with E-state index in [2.05, 4.69) is 0 Å². The molecule has 0 fully saturated rings. The van der Waals surface area contributed by atoms with Crippen LogP contribution in [-0.4, -0.2) is 10.2 Å². The monoisotopic (exact) mass is 234 g/mol. The fraction of sp³-hybridized carbons (Fsp3) is 0.231. The summed E-state index contributed by atoms with van der Waals surface area (Å²) in [7, 11) is 0. The van der Waals surface area contributed by atoms with Gasteiger partial charge in [0.05, 0.1) is 5.60 Å². The van der Waals surface area contributed by atoms with Gasteiger partial charge in [-0.25, -0.2) is 0 Å². The molecule has 0 aliphatic rings. The van der Waals surface area contributed by atoms with Crippen molar-refractivity contribution >= 4 is 11.3 Å². The lowest BCUT2D eigenvalue weighted by molar-refractivity contribution is 0.0615. The lowest BCUT2D eigenvalue weighted by atomic mass is 9.95. The second-order valence-corrected chi connectivity index (χ2v) is 5.05. The third kappa shape index (κ3) is 2.43. The summed E-state index contributed by atoms with van der Waals surface area (Å²) in [5.41, 5.74) is 0.0560.